The van der Waals surface area contributed by atoms with Gasteiger partial charge in [-0.3, -0.25) is 4.79 Å². The van der Waals surface area contributed by atoms with Crippen LogP contribution in [0.25, 0.3) is 0 Å². The second-order valence-corrected chi connectivity index (χ2v) is 9.23. The van der Waals surface area contributed by atoms with Gasteiger partial charge in [0.15, 0.2) is 0 Å². The van der Waals surface area contributed by atoms with Crippen LogP contribution in [0.5, 0.6) is 0 Å². The van der Waals surface area contributed by atoms with Crippen LogP contribution in [0.4, 0.5) is 11.8 Å². The van der Waals surface area contributed by atoms with Gasteiger partial charge in [0, 0.05) is 37.7 Å². The van der Waals surface area contributed by atoms with Gasteiger partial charge in [-0.1, -0.05) is 0 Å². The van der Waals surface area contributed by atoms with Gasteiger partial charge >= 0.3 is 5.97 Å². The van der Waals surface area contributed by atoms with E-state index in [9.17, 15) is 9.90 Å². The van der Waals surface area contributed by atoms with Gasteiger partial charge in [-0.2, -0.15) is 4.98 Å². The maximum Gasteiger partial charge on any atom is 0.303 e. The Morgan fingerprint density at radius 3 is 2.63 bits per heavy atom. The summed E-state index contributed by atoms with van der Waals surface area (Å²) in [4.78, 5) is 25.7. The third-order valence-corrected chi connectivity index (χ3v) is 7.13. The molecule has 6 rings (SSSR count). The summed E-state index contributed by atoms with van der Waals surface area (Å²) < 4.78 is 6.04. The number of piperidine rings is 2. The van der Waals surface area contributed by atoms with E-state index in [1.54, 1.807) is 0 Å². The first-order chi connectivity index (χ1) is 12.8. The topological polar surface area (TPSA) is 78.8 Å². The van der Waals surface area contributed by atoms with Crippen molar-refractivity contribution in [1.29, 1.82) is 0 Å². The zero-order chi connectivity index (χ0) is 18.9. The van der Waals surface area contributed by atoms with E-state index in [1.165, 1.54) is 6.42 Å². The SMILES string of the molecule is C[C@H]1CCN1c1nc(N2CC3CC(C2)C3CC(=O)O)c2c(n1)C(C)(C)OC2. The highest BCUT2D eigenvalue weighted by molar-refractivity contribution is 5.67. The molecule has 7 heteroatoms. The fraction of sp³-hybridized carbons (Fsp3) is 0.750. The maximum absolute atomic E-state index is 11.1. The summed E-state index contributed by atoms with van der Waals surface area (Å²) in [5.41, 5.74) is 1.75. The summed E-state index contributed by atoms with van der Waals surface area (Å²) in [6.07, 6.45) is 2.64. The molecule has 3 saturated heterocycles. The molecule has 5 aliphatic rings. The molecule has 1 aliphatic carbocycles. The lowest BCUT2D eigenvalue weighted by atomic mass is 9.60. The molecule has 7 nitrogen and oxygen atoms in total. The second-order valence-electron chi connectivity index (χ2n) is 9.23. The number of hydrogen-bond donors (Lipinski definition) is 1. The lowest BCUT2D eigenvalue weighted by Crippen LogP contribution is -2.56. The van der Waals surface area contributed by atoms with Gasteiger partial charge in [0.25, 0.3) is 0 Å². The van der Waals surface area contributed by atoms with E-state index in [0.717, 1.165) is 49.1 Å². The highest BCUT2D eigenvalue weighted by Crippen LogP contribution is 2.49. The lowest BCUT2D eigenvalue weighted by molar-refractivity contribution is -0.141. The number of aliphatic carboxylic acids is 1. The van der Waals surface area contributed by atoms with Gasteiger partial charge in [-0.15, -0.1) is 0 Å². The Hall–Kier alpha value is -1.89. The normalized spacial score (nSPS) is 33.3. The number of anilines is 2. The van der Waals surface area contributed by atoms with E-state index in [0.29, 0.717) is 36.8 Å². The number of carbonyl (C=O) groups is 1. The molecule has 5 heterocycles. The first kappa shape index (κ1) is 17.2. The molecule has 27 heavy (non-hydrogen) atoms. The van der Waals surface area contributed by atoms with Crippen molar-refractivity contribution in [1.82, 2.24) is 9.97 Å². The largest absolute Gasteiger partial charge is 0.481 e. The molecule has 1 aromatic rings. The van der Waals surface area contributed by atoms with Crippen molar-refractivity contribution >= 4 is 17.7 Å². The minimum Gasteiger partial charge on any atom is -0.481 e. The molecule has 0 spiro atoms. The molecule has 2 bridgehead atoms. The van der Waals surface area contributed by atoms with Crippen LogP contribution >= 0.6 is 0 Å². The smallest absolute Gasteiger partial charge is 0.303 e. The van der Waals surface area contributed by atoms with Crippen molar-refractivity contribution in [3.63, 3.8) is 0 Å². The lowest BCUT2D eigenvalue weighted by Gasteiger charge is -2.54. The number of aromatic nitrogens is 2. The van der Waals surface area contributed by atoms with E-state index in [-0.39, 0.29) is 5.60 Å². The van der Waals surface area contributed by atoms with Crippen LogP contribution in [0, 0.1) is 17.8 Å². The van der Waals surface area contributed by atoms with Gasteiger partial charge in [0.05, 0.1) is 12.3 Å². The van der Waals surface area contributed by atoms with Crippen LogP contribution in [0.3, 0.4) is 0 Å². The van der Waals surface area contributed by atoms with Gasteiger partial charge in [0.2, 0.25) is 5.95 Å². The minimum atomic E-state index is -0.671. The number of fused-ring (bicyclic) bond motifs is 3. The molecule has 1 N–H and O–H groups in total. The molecule has 0 aromatic carbocycles. The molecule has 3 atom stereocenters. The summed E-state index contributed by atoms with van der Waals surface area (Å²) in [6.45, 7) is 9.73. The average Bonchev–Trinajstić information content (AvgIpc) is 2.93. The highest BCUT2D eigenvalue weighted by atomic mass is 16.5. The van der Waals surface area contributed by atoms with Crippen LogP contribution < -0.4 is 9.80 Å². The summed E-state index contributed by atoms with van der Waals surface area (Å²) >= 11 is 0. The summed E-state index contributed by atoms with van der Waals surface area (Å²) in [5, 5.41) is 9.17. The Labute approximate surface area is 159 Å². The first-order valence-corrected chi connectivity index (χ1v) is 10.1. The number of ether oxygens (including phenoxy) is 1. The molecular formula is C20H28N4O3. The highest BCUT2D eigenvalue weighted by Gasteiger charge is 2.49. The molecule has 0 radical (unpaired) electrons. The number of hydrogen-bond acceptors (Lipinski definition) is 6. The maximum atomic E-state index is 11.1. The fourth-order valence-electron chi connectivity index (χ4n) is 5.31. The quantitative estimate of drug-likeness (QED) is 0.869. The predicted molar refractivity (Wildman–Crippen MR) is 101 cm³/mol. The van der Waals surface area contributed by atoms with E-state index in [1.807, 2.05) is 0 Å². The summed E-state index contributed by atoms with van der Waals surface area (Å²) in [7, 11) is 0. The van der Waals surface area contributed by atoms with Crippen LogP contribution in [-0.2, 0) is 21.7 Å². The molecule has 4 fully saturated rings. The Bertz CT molecular complexity index is 784. The number of carboxylic acid groups (broad SMARTS) is 1. The van der Waals surface area contributed by atoms with Gasteiger partial charge in [-0.05, 0) is 51.4 Å². The van der Waals surface area contributed by atoms with Crippen LogP contribution in [0.1, 0.15) is 51.3 Å². The van der Waals surface area contributed by atoms with E-state index in [4.69, 9.17) is 14.7 Å². The summed E-state index contributed by atoms with van der Waals surface area (Å²) in [5.74, 6) is 2.43. The van der Waals surface area contributed by atoms with Crippen LogP contribution in [0.15, 0.2) is 0 Å². The zero-order valence-corrected chi connectivity index (χ0v) is 16.3. The molecule has 1 saturated carbocycles. The minimum absolute atomic E-state index is 0.303. The van der Waals surface area contributed by atoms with Crippen molar-refractivity contribution in [3.05, 3.63) is 11.3 Å². The number of rotatable bonds is 4. The standard InChI is InChI=1S/C20H28N4O3/c1-11-4-5-24(11)19-21-17-15(10-27-20(17,2)3)18(22-19)23-8-12-6-13(9-23)14(12)7-16(25)26/h11-14H,4-10H2,1-3H3,(H,25,26)/t11-,12?,13?,14?/m0/s1. The van der Waals surface area contributed by atoms with Crippen molar-refractivity contribution < 1.29 is 14.6 Å². The Balaban J connectivity index is 1.47. The van der Waals surface area contributed by atoms with Crippen LogP contribution in [-0.4, -0.2) is 46.7 Å². The van der Waals surface area contributed by atoms with Crippen molar-refractivity contribution in [2.45, 2.75) is 58.3 Å². The van der Waals surface area contributed by atoms with Gasteiger partial charge in [0.1, 0.15) is 11.4 Å². The van der Waals surface area contributed by atoms with Crippen molar-refractivity contribution in [2.75, 3.05) is 29.4 Å². The van der Waals surface area contributed by atoms with E-state index in [2.05, 4.69) is 30.6 Å². The van der Waals surface area contributed by atoms with Crippen LogP contribution in [0.2, 0.25) is 0 Å². The average molecular weight is 372 g/mol. The molecule has 2 unspecified atom stereocenters. The van der Waals surface area contributed by atoms with E-state index >= 15 is 0 Å². The zero-order valence-electron chi connectivity index (χ0n) is 16.3. The summed E-state index contributed by atoms with van der Waals surface area (Å²) in [6, 6.07) is 0.482. The predicted octanol–water partition coefficient (Wildman–Crippen LogP) is 2.39. The fourth-order valence-corrected chi connectivity index (χ4v) is 5.31. The first-order valence-electron chi connectivity index (χ1n) is 10.1. The Kier molecular flexibility index (Phi) is 3.70. The molecule has 4 aliphatic heterocycles. The monoisotopic (exact) mass is 372 g/mol. The molecular weight excluding hydrogens is 344 g/mol. The van der Waals surface area contributed by atoms with Crippen molar-refractivity contribution in [3.8, 4) is 0 Å². The van der Waals surface area contributed by atoms with E-state index < -0.39 is 5.97 Å². The van der Waals surface area contributed by atoms with Gasteiger partial charge in [-0.25, -0.2) is 4.98 Å². The molecule has 0 amide bonds. The Morgan fingerprint density at radius 2 is 2.04 bits per heavy atom. The van der Waals surface area contributed by atoms with Gasteiger partial charge < -0.3 is 19.6 Å². The molecule has 146 valence electrons. The molecule has 1 aromatic heterocycles. The third kappa shape index (κ3) is 2.62. The van der Waals surface area contributed by atoms with Crippen molar-refractivity contribution in [2.24, 2.45) is 17.8 Å². The second kappa shape index (κ2) is 5.80. The Morgan fingerprint density at radius 1 is 1.30 bits per heavy atom. The third-order valence-electron chi connectivity index (χ3n) is 7.13. The number of nitrogens with zero attached hydrogens (tertiary/aromatic N) is 4. The number of carboxylic acids is 1.